The van der Waals surface area contributed by atoms with Crippen LogP contribution >= 0.6 is 0 Å². The van der Waals surface area contributed by atoms with Gasteiger partial charge in [-0.1, -0.05) is 6.07 Å². The first-order valence-electron chi connectivity index (χ1n) is 6.12. The van der Waals surface area contributed by atoms with Crippen molar-refractivity contribution >= 4 is 11.9 Å². The lowest BCUT2D eigenvalue weighted by Gasteiger charge is -2.05. The topological polar surface area (TPSA) is 75.0 Å². The summed E-state index contributed by atoms with van der Waals surface area (Å²) in [6.07, 6.45) is 0. The number of esters is 2. The van der Waals surface area contributed by atoms with Crippen LogP contribution in [0.3, 0.4) is 0 Å². The number of ether oxygens (including phenoxy) is 3. The molecule has 2 rings (SSSR count). The summed E-state index contributed by atoms with van der Waals surface area (Å²) in [4.78, 5) is 22.6. The highest BCUT2D eigenvalue weighted by Crippen LogP contribution is 2.17. The minimum atomic E-state index is -0.547. The van der Waals surface area contributed by atoms with Gasteiger partial charge in [0.1, 0.15) is 18.1 Å². The monoisotopic (exact) mass is 290 g/mol. The van der Waals surface area contributed by atoms with Crippen molar-refractivity contribution in [3.05, 3.63) is 53.5 Å². The molecular weight excluding hydrogens is 276 g/mol. The first-order chi connectivity index (χ1) is 10.1. The zero-order valence-corrected chi connectivity index (χ0v) is 11.6. The van der Waals surface area contributed by atoms with Crippen LogP contribution in [0.1, 0.15) is 26.7 Å². The van der Waals surface area contributed by atoms with Crippen molar-refractivity contribution in [3.63, 3.8) is 0 Å². The molecule has 0 fully saturated rings. The number of furan rings is 1. The first-order valence-corrected chi connectivity index (χ1v) is 6.12. The molecule has 6 heteroatoms. The van der Waals surface area contributed by atoms with Crippen molar-refractivity contribution in [2.24, 2.45) is 0 Å². The molecule has 0 unspecified atom stereocenters. The molecule has 0 N–H and O–H groups in total. The van der Waals surface area contributed by atoms with Gasteiger partial charge in [0, 0.05) is 0 Å². The lowest BCUT2D eigenvalue weighted by molar-refractivity contribution is 0.0558. The van der Waals surface area contributed by atoms with E-state index in [-0.39, 0.29) is 12.4 Å². The Labute approximate surface area is 121 Å². The van der Waals surface area contributed by atoms with E-state index in [0.717, 1.165) is 0 Å². The Morgan fingerprint density at radius 2 is 1.81 bits per heavy atom. The summed E-state index contributed by atoms with van der Waals surface area (Å²) in [6.45, 7) is 0.127. The molecule has 0 aliphatic carbocycles. The Hall–Kier alpha value is -2.76. The fourth-order valence-corrected chi connectivity index (χ4v) is 1.65. The zero-order chi connectivity index (χ0) is 15.2. The Balaban J connectivity index is 2.01. The number of hydrogen-bond donors (Lipinski definition) is 0. The van der Waals surface area contributed by atoms with Gasteiger partial charge in [-0.15, -0.1) is 0 Å². The summed E-state index contributed by atoms with van der Waals surface area (Å²) < 4.78 is 19.9. The van der Waals surface area contributed by atoms with Gasteiger partial charge in [-0.2, -0.15) is 0 Å². The van der Waals surface area contributed by atoms with Gasteiger partial charge in [-0.3, -0.25) is 0 Å². The van der Waals surface area contributed by atoms with E-state index in [1.807, 2.05) is 0 Å². The minimum Gasteiger partial charge on any atom is -0.486 e. The third-order valence-corrected chi connectivity index (χ3v) is 2.68. The third kappa shape index (κ3) is 3.62. The van der Waals surface area contributed by atoms with Gasteiger partial charge < -0.3 is 18.6 Å². The quantitative estimate of drug-likeness (QED) is 0.787. The second-order valence-corrected chi connectivity index (χ2v) is 4.07. The Bertz CT molecular complexity index is 643. The minimum absolute atomic E-state index is 0.111. The Morgan fingerprint density at radius 1 is 1.05 bits per heavy atom. The van der Waals surface area contributed by atoms with Gasteiger partial charge in [-0.25, -0.2) is 9.59 Å². The predicted molar refractivity (Wildman–Crippen MR) is 72.2 cm³/mol. The second-order valence-electron chi connectivity index (χ2n) is 4.07. The molecule has 0 aliphatic rings. The molecule has 1 aromatic heterocycles. The van der Waals surface area contributed by atoms with Gasteiger partial charge in [0.2, 0.25) is 5.76 Å². The standard InChI is InChI=1S/C15H14O6/c1-18-14(16)10-4-3-5-11(8-10)20-9-12-6-7-13(21-12)15(17)19-2/h3-8H,9H2,1-2H3. The van der Waals surface area contributed by atoms with Crippen LogP contribution in [0.2, 0.25) is 0 Å². The molecule has 110 valence electrons. The van der Waals surface area contributed by atoms with Crippen molar-refractivity contribution in [3.8, 4) is 5.75 Å². The Kier molecular flexibility index (Phi) is 4.61. The molecule has 0 radical (unpaired) electrons. The molecule has 0 saturated heterocycles. The fourth-order valence-electron chi connectivity index (χ4n) is 1.65. The van der Waals surface area contributed by atoms with Crippen molar-refractivity contribution in [1.29, 1.82) is 0 Å². The van der Waals surface area contributed by atoms with E-state index in [1.54, 1.807) is 30.3 Å². The number of hydrogen-bond acceptors (Lipinski definition) is 6. The molecule has 6 nitrogen and oxygen atoms in total. The summed E-state index contributed by atoms with van der Waals surface area (Å²) in [5.74, 6) is 0.0903. The van der Waals surface area contributed by atoms with E-state index in [4.69, 9.17) is 9.15 Å². The summed E-state index contributed by atoms with van der Waals surface area (Å²) in [5, 5.41) is 0. The fraction of sp³-hybridized carbons (Fsp3) is 0.200. The normalized spacial score (nSPS) is 10.0. The second kappa shape index (κ2) is 6.60. The maximum absolute atomic E-state index is 11.4. The highest BCUT2D eigenvalue weighted by molar-refractivity contribution is 5.89. The van der Waals surface area contributed by atoms with Crippen LogP contribution in [0.5, 0.6) is 5.75 Å². The summed E-state index contributed by atoms with van der Waals surface area (Å²) in [6, 6.07) is 9.71. The van der Waals surface area contributed by atoms with E-state index in [2.05, 4.69) is 9.47 Å². The van der Waals surface area contributed by atoms with Crippen molar-refractivity contribution in [2.75, 3.05) is 14.2 Å². The number of rotatable bonds is 5. The van der Waals surface area contributed by atoms with Gasteiger partial charge >= 0.3 is 11.9 Å². The molecule has 0 atom stereocenters. The molecular formula is C15H14O6. The van der Waals surface area contributed by atoms with Gasteiger partial charge in [-0.05, 0) is 30.3 Å². The predicted octanol–water partition coefficient (Wildman–Crippen LogP) is 2.43. The molecule has 1 heterocycles. The summed E-state index contributed by atoms with van der Waals surface area (Å²) >= 11 is 0. The van der Waals surface area contributed by atoms with Crippen LogP contribution in [-0.2, 0) is 16.1 Å². The highest BCUT2D eigenvalue weighted by atomic mass is 16.5. The van der Waals surface area contributed by atoms with E-state index >= 15 is 0 Å². The lowest BCUT2D eigenvalue weighted by atomic mass is 10.2. The Morgan fingerprint density at radius 3 is 2.52 bits per heavy atom. The SMILES string of the molecule is COC(=O)c1cccc(OCc2ccc(C(=O)OC)o2)c1. The lowest BCUT2D eigenvalue weighted by Crippen LogP contribution is -2.02. The van der Waals surface area contributed by atoms with Crippen LogP contribution in [0.25, 0.3) is 0 Å². The molecule has 0 amide bonds. The van der Waals surface area contributed by atoms with E-state index in [1.165, 1.54) is 20.3 Å². The maximum Gasteiger partial charge on any atom is 0.373 e. The van der Waals surface area contributed by atoms with Crippen molar-refractivity contribution < 1.29 is 28.2 Å². The third-order valence-electron chi connectivity index (χ3n) is 2.68. The molecule has 0 spiro atoms. The molecule has 2 aromatic rings. The summed E-state index contributed by atoms with van der Waals surface area (Å²) in [5.41, 5.74) is 0.393. The first kappa shape index (κ1) is 14.6. The summed E-state index contributed by atoms with van der Waals surface area (Å²) in [7, 11) is 2.59. The van der Waals surface area contributed by atoms with Crippen molar-refractivity contribution in [2.45, 2.75) is 6.61 Å². The van der Waals surface area contributed by atoms with Gasteiger partial charge in [0.05, 0.1) is 19.8 Å². The van der Waals surface area contributed by atoms with Crippen molar-refractivity contribution in [1.82, 2.24) is 0 Å². The van der Waals surface area contributed by atoms with Crippen LogP contribution < -0.4 is 4.74 Å². The molecule has 0 bridgehead atoms. The maximum atomic E-state index is 11.4. The average molecular weight is 290 g/mol. The molecule has 21 heavy (non-hydrogen) atoms. The largest absolute Gasteiger partial charge is 0.486 e. The van der Waals surface area contributed by atoms with Crippen LogP contribution in [0, 0.1) is 0 Å². The van der Waals surface area contributed by atoms with E-state index in [9.17, 15) is 9.59 Å². The van der Waals surface area contributed by atoms with Crippen LogP contribution in [0.15, 0.2) is 40.8 Å². The number of methoxy groups -OCH3 is 2. The highest BCUT2D eigenvalue weighted by Gasteiger charge is 2.12. The van der Waals surface area contributed by atoms with E-state index < -0.39 is 11.9 Å². The molecule has 1 aromatic carbocycles. The average Bonchev–Trinajstić information content (AvgIpc) is 3.00. The molecule has 0 saturated carbocycles. The van der Waals surface area contributed by atoms with Crippen LogP contribution in [0.4, 0.5) is 0 Å². The smallest absolute Gasteiger partial charge is 0.373 e. The molecule has 0 aliphatic heterocycles. The van der Waals surface area contributed by atoms with Gasteiger partial charge in [0.15, 0.2) is 0 Å². The van der Waals surface area contributed by atoms with Crippen LogP contribution in [-0.4, -0.2) is 26.2 Å². The number of carbonyl (C=O) groups excluding carboxylic acids is 2. The number of benzene rings is 1. The number of carbonyl (C=O) groups is 2. The van der Waals surface area contributed by atoms with Gasteiger partial charge in [0.25, 0.3) is 0 Å². The van der Waals surface area contributed by atoms with E-state index in [0.29, 0.717) is 17.1 Å². The zero-order valence-electron chi connectivity index (χ0n) is 11.6.